The molecule has 0 aromatic rings. The number of hydrogen-bond donors (Lipinski definition) is 1. The van der Waals surface area contributed by atoms with Crippen LogP contribution in [0.2, 0.25) is 0 Å². The van der Waals surface area contributed by atoms with E-state index < -0.39 is 0 Å². The molecule has 0 atom stereocenters. The summed E-state index contributed by atoms with van der Waals surface area (Å²) < 4.78 is 0. The number of amides is 1. The van der Waals surface area contributed by atoms with E-state index in [0.29, 0.717) is 5.57 Å². The molecule has 1 aliphatic rings. The molecule has 0 aromatic carbocycles. The van der Waals surface area contributed by atoms with Crippen molar-refractivity contribution in [3.8, 4) is 0 Å². The molecular weight excluding hydrogens is 190 g/mol. The largest absolute Gasteiger partial charge is 0.383 e. The molecule has 0 aromatic heterocycles. The predicted octanol–water partition coefficient (Wildman–Crippen LogP) is 1.50. The quantitative estimate of drug-likeness (QED) is 0.551. The lowest BCUT2D eigenvalue weighted by Crippen LogP contribution is -2.16. The minimum Gasteiger partial charge on any atom is -0.383 e. The molecule has 0 spiro atoms. The summed E-state index contributed by atoms with van der Waals surface area (Å²) in [7, 11) is 3.81. The number of unbranched alkanes of at least 4 members (excludes halogenated alkanes) is 2. The zero-order chi connectivity index (χ0) is 11.3. The van der Waals surface area contributed by atoms with Crippen molar-refractivity contribution in [2.75, 3.05) is 14.1 Å². The number of nitrogens with one attached hydrogen (secondary N) is 1. The van der Waals surface area contributed by atoms with Gasteiger partial charge in [0.05, 0.1) is 11.3 Å². The summed E-state index contributed by atoms with van der Waals surface area (Å²) in [4.78, 5) is 13.3. The SMILES string of the molecule is CCCCCC1=NNC(=O)/C1=C/N(C)C. The maximum Gasteiger partial charge on any atom is 0.274 e. The number of nitrogens with zero attached hydrogens (tertiary/aromatic N) is 2. The second kappa shape index (κ2) is 5.53. The van der Waals surface area contributed by atoms with E-state index in [1.165, 1.54) is 12.8 Å². The Bertz CT molecular complexity index is 292. The van der Waals surface area contributed by atoms with Gasteiger partial charge in [-0.05, 0) is 12.8 Å². The first-order valence-electron chi connectivity index (χ1n) is 5.40. The Morgan fingerprint density at radius 3 is 2.73 bits per heavy atom. The zero-order valence-electron chi connectivity index (χ0n) is 9.71. The topological polar surface area (TPSA) is 44.7 Å². The highest BCUT2D eigenvalue weighted by molar-refractivity contribution is 6.24. The highest BCUT2D eigenvalue weighted by Gasteiger charge is 2.21. The third kappa shape index (κ3) is 3.38. The van der Waals surface area contributed by atoms with Crippen LogP contribution in [0.25, 0.3) is 0 Å². The van der Waals surface area contributed by atoms with Crippen molar-refractivity contribution in [3.63, 3.8) is 0 Å². The molecule has 0 bridgehead atoms. The highest BCUT2D eigenvalue weighted by atomic mass is 16.2. The Balaban J connectivity index is 2.59. The van der Waals surface area contributed by atoms with Gasteiger partial charge in [0.2, 0.25) is 0 Å². The minimum absolute atomic E-state index is 0.0878. The first-order chi connectivity index (χ1) is 7.15. The summed E-state index contributed by atoms with van der Waals surface area (Å²) in [6, 6.07) is 0. The second-order valence-corrected chi connectivity index (χ2v) is 3.96. The van der Waals surface area contributed by atoms with Gasteiger partial charge in [0.25, 0.3) is 5.91 Å². The van der Waals surface area contributed by atoms with Crippen LogP contribution in [0.3, 0.4) is 0 Å². The molecule has 4 nitrogen and oxygen atoms in total. The van der Waals surface area contributed by atoms with Gasteiger partial charge in [0.15, 0.2) is 0 Å². The van der Waals surface area contributed by atoms with Crippen LogP contribution in [0.5, 0.6) is 0 Å². The molecule has 0 fully saturated rings. The van der Waals surface area contributed by atoms with Gasteiger partial charge in [0, 0.05) is 20.3 Å². The summed E-state index contributed by atoms with van der Waals surface area (Å²) in [6.07, 6.45) is 6.16. The Labute approximate surface area is 91.0 Å². The molecule has 0 saturated carbocycles. The summed E-state index contributed by atoms with van der Waals surface area (Å²) in [5, 5.41) is 4.05. The van der Waals surface area contributed by atoms with Crippen LogP contribution < -0.4 is 5.43 Å². The molecule has 0 saturated heterocycles. The first kappa shape index (κ1) is 11.8. The average Bonchev–Trinajstić information content (AvgIpc) is 2.49. The second-order valence-electron chi connectivity index (χ2n) is 3.96. The van der Waals surface area contributed by atoms with Crippen LogP contribution in [0, 0.1) is 0 Å². The maximum absolute atomic E-state index is 11.4. The van der Waals surface area contributed by atoms with E-state index in [4.69, 9.17) is 0 Å². The lowest BCUT2D eigenvalue weighted by atomic mass is 10.1. The van der Waals surface area contributed by atoms with E-state index in [1.54, 1.807) is 0 Å². The molecule has 1 heterocycles. The normalized spacial score (nSPS) is 17.9. The molecule has 1 N–H and O–H groups in total. The average molecular weight is 209 g/mol. The Morgan fingerprint density at radius 2 is 2.13 bits per heavy atom. The third-order valence-corrected chi connectivity index (χ3v) is 2.25. The molecule has 15 heavy (non-hydrogen) atoms. The smallest absolute Gasteiger partial charge is 0.274 e. The van der Waals surface area contributed by atoms with Gasteiger partial charge < -0.3 is 4.90 Å². The zero-order valence-corrected chi connectivity index (χ0v) is 9.71. The van der Waals surface area contributed by atoms with Crippen molar-refractivity contribution in [3.05, 3.63) is 11.8 Å². The number of hydrogen-bond acceptors (Lipinski definition) is 3. The monoisotopic (exact) mass is 209 g/mol. The molecule has 1 rings (SSSR count). The number of hydrazone groups is 1. The molecule has 0 unspecified atom stereocenters. The summed E-state index contributed by atoms with van der Waals surface area (Å²) in [5.74, 6) is -0.0878. The number of rotatable bonds is 5. The Kier molecular flexibility index (Phi) is 4.34. The van der Waals surface area contributed by atoms with Gasteiger partial charge in [0.1, 0.15) is 0 Å². The van der Waals surface area contributed by atoms with Crippen LogP contribution >= 0.6 is 0 Å². The van der Waals surface area contributed by atoms with Gasteiger partial charge >= 0.3 is 0 Å². The molecule has 0 aliphatic carbocycles. The van der Waals surface area contributed by atoms with Crippen LogP contribution in [0.1, 0.15) is 32.6 Å². The van der Waals surface area contributed by atoms with Gasteiger partial charge in [-0.3, -0.25) is 4.79 Å². The van der Waals surface area contributed by atoms with Crippen LogP contribution in [0.15, 0.2) is 16.9 Å². The fraction of sp³-hybridized carbons (Fsp3) is 0.636. The summed E-state index contributed by atoms with van der Waals surface area (Å²) >= 11 is 0. The fourth-order valence-electron chi connectivity index (χ4n) is 1.49. The van der Waals surface area contributed by atoms with Gasteiger partial charge in [-0.1, -0.05) is 19.8 Å². The molecule has 0 radical (unpaired) electrons. The van der Waals surface area contributed by atoms with E-state index in [0.717, 1.165) is 18.6 Å². The standard InChI is InChI=1S/C11H19N3O/c1-4-5-6-7-10-9(8-14(2)3)11(15)13-12-10/h8H,4-7H2,1-3H3,(H,13,15)/b9-8+. The van der Waals surface area contributed by atoms with E-state index in [2.05, 4.69) is 17.5 Å². The van der Waals surface area contributed by atoms with Gasteiger partial charge in [-0.15, -0.1) is 0 Å². The van der Waals surface area contributed by atoms with Crippen molar-refractivity contribution in [2.24, 2.45) is 5.10 Å². The van der Waals surface area contributed by atoms with Crippen LogP contribution in [0.4, 0.5) is 0 Å². The van der Waals surface area contributed by atoms with Crippen molar-refractivity contribution in [1.82, 2.24) is 10.3 Å². The predicted molar refractivity (Wildman–Crippen MR) is 61.5 cm³/mol. The van der Waals surface area contributed by atoms with E-state index in [1.807, 2.05) is 25.2 Å². The summed E-state index contributed by atoms with van der Waals surface area (Å²) in [6.45, 7) is 2.16. The van der Waals surface area contributed by atoms with E-state index >= 15 is 0 Å². The lowest BCUT2D eigenvalue weighted by molar-refractivity contribution is -0.116. The van der Waals surface area contributed by atoms with Crippen molar-refractivity contribution in [1.29, 1.82) is 0 Å². The fourth-order valence-corrected chi connectivity index (χ4v) is 1.49. The Hall–Kier alpha value is -1.32. The number of carbonyl (C=O) groups is 1. The Morgan fingerprint density at radius 1 is 1.40 bits per heavy atom. The van der Waals surface area contributed by atoms with Gasteiger partial charge in [-0.25, -0.2) is 5.43 Å². The van der Waals surface area contributed by atoms with E-state index in [9.17, 15) is 4.79 Å². The van der Waals surface area contributed by atoms with Crippen LogP contribution in [-0.4, -0.2) is 30.6 Å². The summed E-state index contributed by atoms with van der Waals surface area (Å²) in [5.41, 5.74) is 4.10. The molecule has 1 aliphatic heterocycles. The first-order valence-corrected chi connectivity index (χ1v) is 5.40. The molecule has 4 heteroatoms. The number of carbonyl (C=O) groups excluding carboxylic acids is 1. The molecule has 1 amide bonds. The maximum atomic E-state index is 11.4. The van der Waals surface area contributed by atoms with E-state index in [-0.39, 0.29) is 5.91 Å². The lowest BCUT2D eigenvalue weighted by Gasteiger charge is -2.07. The molecule has 84 valence electrons. The van der Waals surface area contributed by atoms with Crippen molar-refractivity contribution >= 4 is 11.6 Å². The molecular formula is C11H19N3O. The minimum atomic E-state index is -0.0878. The third-order valence-electron chi connectivity index (χ3n) is 2.25. The van der Waals surface area contributed by atoms with Crippen LogP contribution in [-0.2, 0) is 4.79 Å². The van der Waals surface area contributed by atoms with Gasteiger partial charge in [-0.2, -0.15) is 5.10 Å². The highest BCUT2D eigenvalue weighted by Crippen LogP contribution is 2.12. The van der Waals surface area contributed by atoms with Crippen molar-refractivity contribution < 1.29 is 4.79 Å². The van der Waals surface area contributed by atoms with Crippen molar-refractivity contribution in [2.45, 2.75) is 32.6 Å².